The molecule has 0 aromatic heterocycles. The summed E-state index contributed by atoms with van der Waals surface area (Å²) in [5.41, 5.74) is 0.222. The second kappa shape index (κ2) is 8.00. The summed E-state index contributed by atoms with van der Waals surface area (Å²) in [6, 6.07) is 10.3. The van der Waals surface area contributed by atoms with Gasteiger partial charge in [-0.3, -0.25) is 4.79 Å². The number of hydrogen-bond acceptors (Lipinski definition) is 4. The molecule has 2 aromatic carbocycles. The maximum atomic E-state index is 12.9. The third-order valence-electron chi connectivity index (χ3n) is 4.74. The van der Waals surface area contributed by atoms with Gasteiger partial charge < -0.3 is 19.3 Å². The summed E-state index contributed by atoms with van der Waals surface area (Å²) in [6.07, 6.45) is -4.38. The molecule has 0 aliphatic carbocycles. The summed E-state index contributed by atoms with van der Waals surface area (Å²) < 4.78 is 49.3. The van der Waals surface area contributed by atoms with Crippen molar-refractivity contribution in [1.29, 1.82) is 0 Å². The molecule has 1 fully saturated rings. The van der Waals surface area contributed by atoms with Crippen molar-refractivity contribution in [3.05, 3.63) is 53.6 Å². The van der Waals surface area contributed by atoms with Gasteiger partial charge in [-0.15, -0.1) is 0 Å². The largest absolute Gasteiger partial charge is 0.493 e. The zero-order valence-corrected chi connectivity index (χ0v) is 15.6. The molecule has 3 rings (SSSR count). The minimum absolute atomic E-state index is 0.195. The first-order chi connectivity index (χ1) is 13.3. The number of anilines is 1. The molecule has 0 saturated carbocycles. The summed E-state index contributed by atoms with van der Waals surface area (Å²) in [6.45, 7) is 1.68. The van der Waals surface area contributed by atoms with E-state index in [0.717, 1.165) is 12.1 Å². The fourth-order valence-corrected chi connectivity index (χ4v) is 3.27. The Morgan fingerprint density at radius 1 is 0.964 bits per heavy atom. The van der Waals surface area contributed by atoms with Gasteiger partial charge in [0.25, 0.3) is 5.91 Å². The molecule has 5 nitrogen and oxygen atoms in total. The lowest BCUT2D eigenvalue weighted by Gasteiger charge is -2.36. The maximum Gasteiger partial charge on any atom is 0.416 e. The van der Waals surface area contributed by atoms with E-state index >= 15 is 0 Å². The van der Waals surface area contributed by atoms with Crippen molar-refractivity contribution < 1.29 is 27.4 Å². The molecule has 0 atom stereocenters. The van der Waals surface area contributed by atoms with Crippen LogP contribution in [0.15, 0.2) is 42.5 Å². The van der Waals surface area contributed by atoms with Gasteiger partial charge in [0.1, 0.15) is 0 Å². The zero-order chi connectivity index (χ0) is 20.3. The molecular weight excluding hydrogens is 373 g/mol. The van der Waals surface area contributed by atoms with E-state index in [4.69, 9.17) is 9.47 Å². The molecule has 1 amide bonds. The van der Waals surface area contributed by atoms with Gasteiger partial charge in [0.15, 0.2) is 11.5 Å². The Hall–Kier alpha value is -2.90. The van der Waals surface area contributed by atoms with Crippen molar-refractivity contribution in [3.8, 4) is 11.5 Å². The highest BCUT2D eigenvalue weighted by atomic mass is 19.4. The highest BCUT2D eigenvalue weighted by molar-refractivity contribution is 5.98. The van der Waals surface area contributed by atoms with Gasteiger partial charge >= 0.3 is 6.18 Å². The number of benzene rings is 2. The lowest BCUT2D eigenvalue weighted by molar-refractivity contribution is -0.137. The van der Waals surface area contributed by atoms with Crippen LogP contribution in [0.2, 0.25) is 0 Å². The van der Waals surface area contributed by atoms with E-state index in [1.807, 2.05) is 4.90 Å². The van der Waals surface area contributed by atoms with E-state index in [2.05, 4.69) is 0 Å². The van der Waals surface area contributed by atoms with E-state index in [1.54, 1.807) is 29.2 Å². The SMILES string of the molecule is COc1cccc(C(=O)N2CCN(c3cccc(C(F)(F)F)c3)CC2)c1OC. The van der Waals surface area contributed by atoms with Crippen LogP contribution < -0.4 is 14.4 Å². The third-order valence-corrected chi connectivity index (χ3v) is 4.74. The van der Waals surface area contributed by atoms with E-state index in [-0.39, 0.29) is 5.91 Å². The summed E-state index contributed by atoms with van der Waals surface area (Å²) in [7, 11) is 2.97. The van der Waals surface area contributed by atoms with E-state index < -0.39 is 11.7 Å². The predicted octanol–water partition coefficient (Wildman–Crippen LogP) is 3.69. The minimum Gasteiger partial charge on any atom is -0.493 e. The van der Waals surface area contributed by atoms with Gasteiger partial charge in [-0.2, -0.15) is 13.2 Å². The van der Waals surface area contributed by atoms with Crippen LogP contribution in [0.25, 0.3) is 0 Å². The molecular formula is C20H21F3N2O3. The molecule has 8 heteroatoms. The first-order valence-electron chi connectivity index (χ1n) is 8.77. The smallest absolute Gasteiger partial charge is 0.416 e. The summed E-state index contributed by atoms with van der Waals surface area (Å²) >= 11 is 0. The normalized spacial score (nSPS) is 14.8. The summed E-state index contributed by atoms with van der Waals surface area (Å²) in [4.78, 5) is 16.4. The van der Waals surface area contributed by atoms with Crippen molar-refractivity contribution in [3.63, 3.8) is 0 Å². The average Bonchev–Trinajstić information content (AvgIpc) is 2.72. The molecule has 1 aliphatic heterocycles. The number of methoxy groups -OCH3 is 2. The standard InChI is InChI=1S/C20H21F3N2O3/c1-27-17-8-4-7-16(18(17)28-2)19(26)25-11-9-24(10-12-25)15-6-3-5-14(13-15)20(21,22)23/h3-8,13H,9-12H2,1-2H3. The molecule has 0 N–H and O–H groups in total. The number of carbonyl (C=O) groups excluding carboxylic acids is 1. The Morgan fingerprint density at radius 2 is 1.64 bits per heavy atom. The number of hydrogen-bond donors (Lipinski definition) is 0. The Balaban J connectivity index is 1.72. The van der Waals surface area contributed by atoms with Crippen LogP contribution in [0.1, 0.15) is 15.9 Å². The monoisotopic (exact) mass is 394 g/mol. The minimum atomic E-state index is -4.38. The number of nitrogens with zero attached hydrogens (tertiary/aromatic N) is 2. The number of para-hydroxylation sites is 1. The van der Waals surface area contributed by atoms with Crippen molar-refractivity contribution in [2.75, 3.05) is 45.3 Å². The first kappa shape index (κ1) is 19.9. The van der Waals surface area contributed by atoms with E-state index in [9.17, 15) is 18.0 Å². The van der Waals surface area contributed by atoms with Gasteiger partial charge in [-0.25, -0.2) is 0 Å². The van der Waals surface area contributed by atoms with Gasteiger partial charge in [0, 0.05) is 31.9 Å². The fourth-order valence-electron chi connectivity index (χ4n) is 3.27. The van der Waals surface area contributed by atoms with Crippen LogP contribution >= 0.6 is 0 Å². The lowest BCUT2D eigenvalue weighted by atomic mass is 10.1. The van der Waals surface area contributed by atoms with Gasteiger partial charge in [0.2, 0.25) is 0 Å². The van der Waals surface area contributed by atoms with Crippen LogP contribution in [-0.2, 0) is 6.18 Å². The molecule has 2 aromatic rings. The van der Waals surface area contributed by atoms with Crippen molar-refractivity contribution in [1.82, 2.24) is 4.90 Å². The van der Waals surface area contributed by atoms with Crippen molar-refractivity contribution in [2.24, 2.45) is 0 Å². The molecule has 150 valence electrons. The van der Waals surface area contributed by atoms with Gasteiger partial charge in [-0.1, -0.05) is 12.1 Å². The second-order valence-electron chi connectivity index (χ2n) is 6.37. The quantitative estimate of drug-likeness (QED) is 0.793. The second-order valence-corrected chi connectivity index (χ2v) is 6.37. The number of amides is 1. The predicted molar refractivity (Wildman–Crippen MR) is 99.1 cm³/mol. The topological polar surface area (TPSA) is 42.0 Å². The van der Waals surface area contributed by atoms with Crippen LogP contribution in [0.4, 0.5) is 18.9 Å². The highest BCUT2D eigenvalue weighted by Gasteiger charge is 2.31. The number of piperazine rings is 1. The van der Waals surface area contributed by atoms with Crippen LogP contribution in [-0.4, -0.2) is 51.2 Å². The molecule has 0 unspecified atom stereocenters. The van der Waals surface area contributed by atoms with Crippen LogP contribution in [0.3, 0.4) is 0 Å². The fraction of sp³-hybridized carbons (Fsp3) is 0.350. The number of halogens is 3. The van der Waals surface area contributed by atoms with Crippen molar-refractivity contribution in [2.45, 2.75) is 6.18 Å². The highest BCUT2D eigenvalue weighted by Crippen LogP contribution is 2.33. The maximum absolute atomic E-state index is 12.9. The number of carbonyl (C=O) groups is 1. The molecule has 28 heavy (non-hydrogen) atoms. The van der Waals surface area contributed by atoms with Gasteiger partial charge in [-0.05, 0) is 30.3 Å². The Morgan fingerprint density at radius 3 is 2.25 bits per heavy atom. The summed E-state index contributed by atoms with van der Waals surface area (Å²) in [5, 5.41) is 0. The number of rotatable bonds is 4. The van der Waals surface area contributed by atoms with E-state index in [0.29, 0.717) is 48.9 Å². The first-order valence-corrected chi connectivity index (χ1v) is 8.77. The molecule has 1 aliphatic rings. The average molecular weight is 394 g/mol. The van der Waals surface area contributed by atoms with Crippen LogP contribution in [0, 0.1) is 0 Å². The zero-order valence-electron chi connectivity index (χ0n) is 15.6. The molecule has 0 bridgehead atoms. The Labute approximate surface area is 161 Å². The number of ether oxygens (including phenoxy) is 2. The van der Waals surface area contributed by atoms with Crippen LogP contribution in [0.5, 0.6) is 11.5 Å². The molecule has 0 spiro atoms. The Bertz CT molecular complexity index is 847. The molecule has 1 saturated heterocycles. The van der Waals surface area contributed by atoms with Gasteiger partial charge in [0.05, 0.1) is 25.3 Å². The van der Waals surface area contributed by atoms with Crippen molar-refractivity contribution >= 4 is 11.6 Å². The molecule has 0 radical (unpaired) electrons. The van der Waals surface area contributed by atoms with E-state index in [1.165, 1.54) is 20.3 Å². The number of alkyl halides is 3. The molecule has 1 heterocycles. The lowest BCUT2D eigenvalue weighted by Crippen LogP contribution is -2.48. The summed E-state index contributed by atoms with van der Waals surface area (Å²) in [5.74, 6) is 0.644. The third kappa shape index (κ3) is 4.00. The Kier molecular flexibility index (Phi) is 5.67.